The van der Waals surface area contributed by atoms with E-state index < -0.39 is 0 Å². The average Bonchev–Trinajstić information content (AvgIpc) is 2.74. The van der Waals surface area contributed by atoms with E-state index in [-0.39, 0.29) is 5.56 Å². The fraction of sp³-hybridized carbons (Fsp3) is 0.519. The molecule has 176 valence electrons. The Kier molecular flexibility index (Phi) is 10.4. The number of fused-ring (bicyclic) bond motifs is 1. The maximum Gasteiger partial charge on any atom is 0.297 e. The summed E-state index contributed by atoms with van der Waals surface area (Å²) in [7, 11) is 0. The van der Waals surface area contributed by atoms with E-state index in [0.29, 0.717) is 36.9 Å². The molecule has 2 aromatic rings. The largest absolute Gasteiger partial charge is 0.485 e. The summed E-state index contributed by atoms with van der Waals surface area (Å²) in [5.41, 5.74) is 9.84. The van der Waals surface area contributed by atoms with Crippen molar-refractivity contribution in [3.63, 3.8) is 0 Å². The van der Waals surface area contributed by atoms with Gasteiger partial charge in [-0.1, -0.05) is 43.4 Å². The molecule has 0 spiro atoms. The number of allylic oxidation sites excluding steroid dienone is 3. The second-order valence-corrected chi connectivity index (χ2v) is 8.57. The number of unbranched alkanes of at least 4 members (excludes halogenated alkanes) is 3. The molecule has 0 amide bonds. The predicted molar refractivity (Wildman–Crippen MR) is 136 cm³/mol. The van der Waals surface area contributed by atoms with Crippen LogP contribution in [-0.2, 0) is 6.54 Å². The second-order valence-electron chi connectivity index (χ2n) is 8.57. The summed E-state index contributed by atoms with van der Waals surface area (Å²) in [4.78, 5) is 13.3. The topological polar surface area (TPSA) is 66.5 Å². The van der Waals surface area contributed by atoms with E-state index in [1.807, 2.05) is 25.1 Å². The summed E-state index contributed by atoms with van der Waals surface area (Å²) in [5.74, 6) is 0.815. The van der Waals surface area contributed by atoms with Crippen LogP contribution in [0.3, 0.4) is 0 Å². The van der Waals surface area contributed by atoms with Gasteiger partial charge in [-0.3, -0.25) is 4.79 Å². The van der Waals surface area contributed by atoms with E-state index in [9.17, 15) is 4.79 Å². The molecule has 0 saturated heterocycles. The maximum atomic E-state index is 13.3. The Morgan fingerprint density at radius 3 is 2.50 bits per heavy atom. The van der Waals surface area contributed by atoms with Gasteiger partial charge in [0.1, 0.15) is 6.61 Å². The van der Waals surface area contributed by atoms with Crippen molar-refractivity contribution < 1.29 is 9.47 Å². The highest BCUT2D eigenvalue weighted by Gasteiger charge is 2.19. The Hall–Kier alpha value is -2.69. The van der Waals surface area contributed by atoms with Gasteiger partial charge in [0, 0.05) is 17.6 Å². The van der Waals surface area contributed by atoms with Crippen LogP contribution in [0.25, 0.3) is 10.9 Å². The van der Waals surface area contributed by atoms with Crippen LogP contribution in [0, 0.1) is 0 Å². The number of pyridine rings is 1. The molecule has 1 aromatic heterocycles. The van der Waals surface area contributed by atoms with Crippen molar-refractivity contribution >= 4 is 16.6 Å². The van der Waals surface area contributed by atoms with Crippen LogP contribution < -0.4 is 20.8 Å². The number of aryl methyl sites for hydroxylation is 1. The van der Waals surface area contributed by atoms with E-state index in [1.165, 1.54) is 17.6 Å². The predicted octanol–water partition coefficient (Wildman–Crippen LogP) is 6.63. The molecular weight excluding hydrogens is 400 g/mol. The van der Waals surface area contributed by atoms with Crippen molar-refractivity contribution in [1.82, 2.24) is 4.57 Å². The molecule has 0 atom stereocenters. The quantitative estimate of drug-likeness (QED) is 0.215. The molecule has 0 aliphatic carbocycles. The minimum absolute atomic E-state index is 0.166. The van der Waals surface area contributed by atoms with Gasteiger partial charge in [-0.25, -0.2) is 0 Å². The zero-order valence-electron chi connectivity index (χ0n) is 20.5. The molecule has 2 N–H and O–H groups in total. The van der Waals surface area contributed by atoms with Gasteiger partial charge in [-0.15, -0.1) is 0 Å². The lowest BCUT2D eigenvalue weighted by atomic mass is 10.1. The third-order valence-electron chi connectivity index (χ3n) is 5.51. The van der Waals surface area contributed by atoms with Crippen molar-refractivity contribution in [2.24, 2.45) is 0 Å². The average molecular weight is 441 g/mol. The second kappa shape index (κ2) is 13.0. The molecule has 0 aliphatic rings. The Morgan fingerprint density at radius 2 is 1.81 bits per heavy atom. The fourth-order valence-corrected chi connectivity index (χ4v) is 3.66. The first-order valence-corrected chi connectivity index (χ1v) is 11.9. The third kappa shape index (κ3) is 7.18. The molecule has 2 rings (SSSR count). The Bertz CT molecular complexity index is 998. The summed E-state index contributed by atoms with van der Waals surface area (Å²) < 4.78 is 13.9. The molecule has 1 aromatic carbocycles. The fourth-order valence-electron chi connectivity index (χ4n) is 3.66. The number of anilines is 1. The molecule has 0 unspecified atom stereocenters. The molecule has 0 bridgehead atoms. The maximum absolute atomic E-state index is 13.3. The monoisotopic (exact) mass is 440 g/mol. The number of rotatable bonds is 13. The molecule has 0 aliphatic heterocycles. The lowest BCUT2D eigenvalue weighted by Gasteiger charge is -2.18. The number of hydrogen-bond acceptors (Lipinski definition) is 4. The van der Waals surface area contributed by atoms with Crippen molar-refractivity contribution in [2.45, 2.75) is 79.7 Å². The minimum atomic E-state index is -0.166. The molecule has 0 fully saturated rings. The molecule has 0 radical (unpaired) electrons. The van der Waals surface area contributed by atoms with Gasteiger partial charge in [0.2, 0.25) is 5.75 Å². The highest BCUT2D eigenvalue weighted by atomic mass is 16.5. The van der Waals surface area contributed by atoms with Gasteiger partial charge in [-0.05, 0) is 71.2 Å². The summed E-state index contributed by atoms with van der Waals surface area (Å²) in [6, 6.07) is 5.59. The van der Waals surface area contributed by atoms with Crippen molar-refractivity contribution in [3.05, 3.63) is 51.9 Å². The van der Waals surface area contributed by atoms with Crippen molar-refractivity contribution in [1.29, 1.82) is 0 Å². The summed E-state index contributed by atoms with van der Waals surface area (Å²) in [6.07, 6.45) is 10.7. The lowest BCUT2D eigenvalue weighted by molar-refractivity contribution is 0.272. The van der Waals surface area contributed by atoms with E-state index in [4.69, 9.17) is 15.2 Å². The number of ether oxygens (including phenoxy) is 2. The van der Waals surface area contributed by atoms with Crippen LogP contribution in [-0.4, -0.2) is 17.8 Å². The smallest absolute Gasteiger partial charge is 0.297 e. The molecule has 5 nitrogen and oxygen atoms in total. The normalized spacial score (nSPS) is 11.6. The minimum Gasteiger partial charge on any atom is -0.485 e. The van der Waals surface area contributed by atoms with Gasteiger partial charge in [0.25, 0.3) is 5.56 Å². The summed E-state index contributed by atoms with van der Waals surface area (Å²) in [5, 5.41) is 0.847. The van der Waals surface area contributed by atoms with Gasteiger partial charge >= 0.3 is 0 Å². The van der Waals surface area contributed by atoms with E-state index in [0.717, 1.165) is 43.0 Å². The SMILES string of the molecule is CCCCCCOc1c(OC/C=C(\C)CCC=C(C)C)c2ccc(N)cc2n(CC)c1=O. The van der Waals surface area contributed by atoms with Crippen LogP contribution >= 0.6 is 0 Å². The third-order valence-corrected chi connectivity index (χ3v) is 5.51. The van der Waals surface area contributed by atoms with Crippen LogP contribution in [0.5, 0.6) is 11.5 Å². The first-order valence-electron chi connectivity index (χ1n) is 11.9. The standard InChI is InChI=1S/C27H40N2O3/c1-6-8-9-10-17-31-26-25(32-18-16-21(5)13-11-12-20(3)4)23-15-14-22(28)19-24(23)29(7-2)27(26)30/h12,14-16,19H,6-11,13,17-18,28H2,1-5H3/b21-16+. The highest BCUT2D eigenvalue weighted by molar-refractivity contribution is 5.90. The van der Waals surface area contributed by atoms with Gasteiger partial charge in [-0.2, -0.15) is 0 Å². The van der Waals surface area contributed by atoms with Crippen molar-refractivity contribution in [3.8, 4) is 11.5 Å². The lowest BCUT2D eigenvalue weighted by Crippen LogP contribution is -2.23. The van der Waals surface area contributed by atoms with Crippen LogP contribution in [0.2, 0.25) is 0 Å². The number of hydrogen-bond donors (Lipinski definition) is 1. The Balaban J connectivity index is 2.34. The number of aromatic nitrogens is 1. The van der Waals surface area contributed by atoms with Crippen molar-refractivity contribution in [2.75, 3.05) is 18.9 Å². The number of benzene rings is 1. The number of nitrogens with zero attached hydrogens (tertiary/aromatic N) is 1. The zero-order valence-corrected chi connectivity index (χ0v) is 20.5. The molecule has 32 heavy (non-hydrogen) atoms. The van der Waals surface area contributed by atoms with Gasteiger partial charge < -0.3 is 19.8 Å². The number of nitrogen functional groups attached to an aromatic ring is 1. The van der Waals surface area contributed by atoms with E-state index in [1.54, 1.807) is 4.57 Å². The Labute approximate surface area is 192 Å². The Morgan fingerprint density at radius 1 is 1.03 bits per heavy atom. The summed E-state index contributed by atoms with van der Waals surface area (Å²) >= 11 is 0. The van der Waals surface area contributed by atoms with E-state index >= 15 is 0 Å². The first kappa shape index (κ1) is 25.6. The van der Waals surface area contributed by atoms with Gasteiger partial charge in [0.05, 0.1) is 12.1 Å². The van der Waals surface area contributed by atoms with Crippen LogP contribution in [0.4, 0.5) is 5.69 Å². The number of nitrogens with two attached hydrogens (primary N) is 1. The zero-order chi connectivity index (χ0) is 23.5. The summed E-state index contributed by atoms with van der Waals surface area (Å²) in [6.45, 7) is 11.9. The molecule has 0 saturated carbocycles. The molecule has 1 heterocycles. The van der Waals surface area contributed by atoms with Crippen LogP contribution in [0.1, 0.15) is 73.1 Å². The van der Waals surface area contributed by atoms with Gasteiger partial charge in [0.15, 0.2) is 5.75 Å². The molecular formula is C27H40N2O3. The highest BCUT2D eigenvalue weighted by Crippen LogP contribution is 2.34. The first-order chi connectivity index (χ1) is 15.4. The van der Waals surface area contributed by atoms with Crippen LogP contribution in [0.15, 0.2) is 46.3 Å². The molecule has 5 heteroatoms. The van der Waals surface area contributed by atoms with E-state index in [2.05, 4.69) is 39.8 Å².